The van der Waals surface area contributed by atoms with E-state index in [4.69, 9.17) is 16.3 Å². The minimum absolute atomic E-state index is 0.0352. The first-order valence-electron chi connectivity index (χ1n) is 8.34. The van der Waals surface area contributed by atoms with Gasteiger partial charge in [-0.3, -0.25) is 24.5 Å². The van der Waals surface area contributed by atoms with Gasteiger partial charge in [0.15, 0.2) is 5.12 Å². The van der Waals surface area contributed by atoms with Crippen molar-refractivity contribution in [2.45, 2.75) is 36.7 Å². The number of rotatable bonds is 9. The van der Waals surface area contributed by atoms with Gasteiger partial charge in [0.1, 0.15) is 6.61 Å². The fraction of sp³-hybridized carbons (Fsp3) is 0.412. The van der Waals surface area contributed by atoms with Crippen LogP contribution >= 0.6 is 23.4 Å². The Morgan fingerprint density at radius 2 is 1.97 bits per heavy atom. The number of nitro groups is 1. The average Bonchev–Trinajstić information content (AvgIpc) is 2.69. The molecule has 2 rings (SSSR count). The Morgan fingerprint density at radius 1 is 1.31 bits per heavy atom. The normalized spacial score (nSPS) is 16.6. The first-order chi connectivity index (χ1) is 13.7. The van der Waals surface area contributed by atoms with Crippen LogP contribution in [0.2, 0.25) is 0 Å². The number of methoxy groups -OCH3 is 1. The zero-order valence-corrected chi connectivity index (χ0v) is 16.8. The Balaban J connectivity index is 1.85. The minimum Gasteiger partial charge on any atom is -0.469 e. The van der Waals surface area contributed by atoms with E-state index in [1.165, 1.54) is 31.4 Å². The molecule has 2 unspecified atom stereocenters. The number of esters is 2. The molecule has 29 heavy (non-hydrogen) atoms. The van der Waals surface area contributed by atoms with Crippen molar-refractivity contribution >= 4 is 52.0 Å². The Bertz CT molecular complexity index is 816. The molecular weight excluding hydrogens is 428 g/mol. The van der Waals surface area contributed by atoms with Gasteiger partial charge < -0.3 is 14.4 Å². The number of carbonyl (C=O) groups is 4. The molecule has 2 atom stereocenters. The topological polar surface area (TPSA) is 133 Å². The lowest BCUT2D eigenvalue weighted by atomic mass is 10.2. The molecule has 1 amide bonds. The van der Waals surface area contributed by atoms with Crippen LogP contribution in [0.5, 0.6) is 0 Å². The molecule has 1 heterocycles. The van der Waals surface area contributed by atoms with E-state index in [2.05, 4.69) is 4.74 Å². The average molecular weight is 445 g/mol. The number of alkyl halides is 1. The molecule has 1 fully saturated rings. The van der Waals surface area contributed by atoms with Crippen molar-refractivity contribution < 1.29 is 33.6 Å². The summed E-state index contributed by atoms with van der Waals surface area (Å²) in [6.07, 6.45) is -0.106. The molecule has 1 aromatic rings. The second-order valence-corrected chi connectivity index (χ2v) is 7.54. The molecule has 0 saturated carbocycles. The lowest BCUT2D eigenvalue weighted by Gasteiger charge is -2.41. The smallest absolute Gasteiger partial charge is 0.345 e. The van der Waals surface area contributed by atoms with Crippen LogP contribution in [0, 0.1) is 10.1 Å². The van der Waals surface area contributed by atoms with E-state index in [0.29, 0.717) is 5.56 Å². The third-order valence-electron chi connectivity index (χ3n) is 3.94. The van der Waals surface area contributed by atoms with E-state index >= 15 is 0 Å². The highest BCUT2D eigenvalue weighted by molar-refractivity contribution is 8.14. The lowest BCUT2D eigenvalue weighted by molar-refractivity contribution is -0.384. The van der Waals surface area contributed by atoms with Crippen molar-refractivity contribution in [2.24, 2.45) is 0 Å². The number of likely N-dealkylation sites (tertiary alicyclic amines) is 1. The summed E-state index contributed by atoms with van der Waals surface area (Å²) in [7, 11) is 1.21. The van der Waals surface area contributed by atoms with Crippen molar-refractivity contribution in [3.8, 4) is 0 Å². The maximum atomic E-state index is 12.1. The van der Waals surface area contributed by atoms with Crippen molar-refractivity contribution in [3.05, 3.63) is 39.9 Å². The molecule has 156 valence electrons. The summed E-state index contributed by atoms with van der Waals surface area (Å²) in [4.78, 5) is 58.1. The van der Waals surface area contributed by atoms with E-state index in [9.17, 15) is 29.3 Å². The van der Waals surface area contributed by atoms with Gasteiger partial charge in [-0.1, -0.05) is 23.4 Å². The molecule has 1 aromatic carbocycles. The molecule has 12 heteroatoms. The molecule has 10 nitrogen and oxygen atoms in total. The van der Waals surface area contributed by atoms with Gasteiger partial charge in [0.05, 0.1) is 30.2 Å². The number of nitro benzene ring substituents is 1. The highest BCUT2D eigenvalue weighted by Gasteiger charge is 2.45. The number of β-lactam (4-membered cyclic amide) rings is 1. The van der Waals surface area contributed by atoms with Crippen molar-refractivity contribution in [2.75, 3.05) is 7.11 Å². The van der Waals surface area contributed by atoms with Gasteiger partial charge in [-0.25, -0.2) is 4.79 Å². The SMILES string of the molecule is COC(=O)CCC(=O)SC1CC(=O)N1C(Cl)C(=O)OCc1ccc([N+](=O)[O-])cc1. The Morgan fingerprint density at radius 3 is 2.52 bits per heavy atom. The third-order valence-corrected chi connectivity index (χ3v) is 5.46. The maximum Gasteiger partial charge on any atom is 0.345 e. The van der Waals surface area contributed by atoms with Crippen LogP contribution < -0.4 is 0 Å². The zero-order chi connectivity index (χ0) is 21.6. The Kier molecular flexibility index (Phi) is 7.97. The highest BCUT2D eigenvalue weighted by Crippen LogP contribution is 2.34. The summed E-state index contributed by atoms with van der Waals surface area (Å²) in [6, 6.07) is 5.41. The Hall–Kier alpha value is -2.66. The van der Waals surface area contributed by atoms with Crippen LogP contribution in [-0.4, -0.2) is 50.8 Å². The van der Waals surface area contributed by atoms with Crippen molar-refractivity contribution in [1.82, 2.24) is 4.90 Å². The van der Waals surface area contributed by atoms with E-state index in [0.717, 1.165) is 16.7 Å². The summed E-state index contributed by atoms with van der Waals surface area (Å²) in [6.45, 7) is -0.183. The quantitative estimate of drug-likeness (QED) is 0.140. The van der Waals surface area contributed by atoms with Crippen molar-refractivity contribution in [3.63, 3.8) is 0 Å². The predicted molar refractivity (Wildman–Crippen MR) is 102 cm³/mol. The molecule has 1 aliphatic rings. The van der Waals surface area contributed by atoms with E-state index in [1.807, 2.05) is 0 Å². The van der Waals surface area contributed by atoms with Gasteiger partial charge >= 0.3 is 11.9 Å². The molecule has 0 spiro atoms. The predicted octanol–water partition coefficient (Wildman–Crippen LogP) is 1.97. The zero-order valence-electron chi connectivity index (χ0n) is 15.2. The van der Waals surface area contributed by atoms with Gasteiger partial charge in [-0.05, 0) is 17.7 Å². The van der Waals surface area contributed by atoms with E-state index < -0.39 is 33.6 Å². The number of hydrogen-bond donors (Lipinski definition) is 0. The van der Waals surface area contributed by atoms with Gasteiger partial charge in [-0.15, -0.1) is 0 Å². The molecule has 1 saturated heterocycles. The lowest BCUT2D eigenvalue weighted by Crippen LogP contribution is -2.57. The number of thioether (sulfide) groups is 1. The van der Waals surface area contributed by atoms with Crippen molar-refractivity contribution in [1.29, 1.82) is 0 Å². The number of non-ortho nitro benzene ring substituents is 1. The molecule has 0 N–H and O–H groups in total. The molecule has 0 aromatic heterocycles. The van der Waals surface area contributed by atoms with Crippen LogP contribution in [0.4, 0.5) is 5.69 Å². The number of amides is 1. The first-order valence-corrected chi connectivity index (χ1v) is 9.66. The third kappa shape index (κ3) is 6.16. The first kappa shape index (κ1) is 22.6. The molecule has 0 aliphatic carbocycles. The second-order valence-electron chi connectivity index (χ2n) is 5.89. The minimum atomic E-state index is -1.42. The molecular formula is C17H17ClN2O8S. The van der Waals surface area contributed by atoms with Crippen LogP contribution in [0.15, 0.2) is 24.3 Å². The van der Waals surface area contributed by atoms with E-state index in [1.54, 1.807) is 0 Å². The van der Waals surface area contributed by atoms with Crippen LogP contribution in [0.25, 0.3) is 0 Å². The van der Waals surface area contributed by atoms with Gasteiger partial charge in [0.2, 0.25) is 11.4 Å². The Labute approximate surface area is 174 Å². The standard InChI is InChI=1S/C17H17ClN2O8S/c1-27-14(22)6-7-15(23)29-13-8-12(21)19(13)16(18)17(24)28-9-10-2-4-11(5-3-10)20(25)26/h2-5,13,16H,6-9H2,1H3. The van der Waals surface area contributed by atoms with Crippen LogP contribution in [-0.2, 0) is 35.3 Å². The van der Waals surface area contributed by atoms with Gasteiger partial charge in [0, 0.05) is 18.6 Å². The van der Waals surface area contributed by atoms with Crippen LogP contribution in [0.3, 0.4) is 0 Å². The summed E-state index contributed by atoms with van der Waals surface area (Å²) in [5.74, 6) is -1.81. The fourth-order valence-corrected chi connectivity index (χ4v) is 3.82. The summed E-state index contributed by atoms with van der Waals surface area (Å²) in [5.41, 5.74) is -1.01. The van der Waals surface area contributed by atoms with Gasteiger partial charge in [-0.2, -0.15) is 0 Å². The number of nitrogens with zero attached hydrogens (tertiary/aromatic N) is 2. The number of ether oxygens (including phenoxy) is 2. The monoisotopic (exact) mass is 444 g/mol. The molecule has 0 bridgehead atoms. The van der Waals surface area contributed by atoms with Gasteiger partial charge in [0.25, 0.3) is 5.69 Å². The number of benzene rings is 1. The van der Waals surface area contributed by atoms with E-state index in [-0.39, 0.29) is 36.7 Å². The maximum absolute atomic E-state index is 12.1. The largest absolute Gasteiger partial charge is 0.469 e. The number of carbonyl (C=O) groups excluding carboxylic acids is 4. The second kappa shape index (κ2) is 10.2. The summed E-state index contributed by atoms with van der Waals surface area (Å²) >= 11 is 6.85. The van der Waals surface area contributed by atoms with Crippen LogP contribution in [0.1, 0.15) is 24.8 Å². The molecule has 0 radical (unpaired) electrons. The summed E-state index contributed by atoms with van der Waals surface area (Å²) in [5, 5.41) is 9.67. The molecule has 1 aliphatic heterocycles. The number of halogens is 1. The summed E-state index contributed by atoms with van der Waals surface area (Å²) < 4.78 is 9.51. The fourth-order valence-electron chi connectivity index (χ4n) is 2.34. The highest BCUT2D eigenvalue weighted by atomic mass is 35.5. The number of hydrogen-bond acceptors (Lipinski definition) is 9.